The summed E-state index contributed by atoms with van der Waals surface area (Å²) in [5, 5.41) is 6.54. The Hall–Kier alpha value is -1.32. The molecule has 0 saturated carbocycles. The van der Waals surface area contributed by atoms with Gasteiger partial charge in [-0.15, -0.1) is 0 Å². The maximum Gasteiger partial charge on any atom is 0.133 e. The number of hydrogen-bond donors (Lipinski definition) is 2. The van der Waals surface area contributed by atoms with Crippen LogP contribution in [0.25, 0.3) is 0 Å². The standard InChI is InChI=1S/C12H22N4/c1-5-7-10-15-11(13-6-2)8-12(16-10)14-9(3)4/h8-9H,5-7H2,1-4H3,(H2,13,14,15,16). The number of nitrogens with one attached hydrogen (secondary N) is 2. The molecular formula is C12H22N4. The zero-order valence-electron chi connectivity index (χ0n) is 10.7. The highest BCUT2D eigenvalue weighted by molar-refractivity contribution is 5.47. The molecule has 1 rings (SSSR count). The summed E-state index contributed by atoms with van der Waals surface area (Å²) >= 11 is 0. The number of aromatic nitrogens is 2. The van der Waals surface area contributed by atoms with Crippen LogP contribution < -0.4 is 10.6 Å². The molecule has 0 amide bonds. The highest BCUT2D eigenvalue weighted by Gasteiger charge is 2.04. The lowest BCUT2D eigenvalue weighted by molar-refractivity contribution is 0.822. The third-order valence-corrected chi connectivity index (χ3v) is 2.04. The molecule has 4 heteroatoms. The van der Waals surface area contributed by atoms with Gasteiger partial charge in [0.2, 0.25) is 0 Å². The summed E-state index contributed by atoms with van der Waals surface area (Å²) in [5.41, 5.74) is 0. The van der Waals surface area contributed by atoms with Crippen molar-refractivity contribution < 1.29 is 0 Å². The van der Waals surface area contributed by atoms with Crippen molar-refractivity contribution in [1.82, 2.24) is 9.97 Å². The fourth-order valence-electron chi connectivity index (χ4n) is 1.47. The normalized spacial score (nSPS) is 10.6. The molecule has 2 N–H and O–H groups in total. The van der Waals surface area contributed by atoms with Crippen molar-refractivity contribution >= 4 is 11.6 Å². The van der Waals surface area contributed by atoms with Crippen LogP contribution in [0.15, 0.2) is 6.07 Å². The summed E-state index contributed by atoms with van der Waals surface area (Å²) < 4.78 is 0. The summed E-state index contributed by atoms with van der Waals surface area (Å²) in [7, 11) is 0. The largest absolute Gasteiger partial charge is 0.370 e. The predicted molar refractivity (Wildman–Crippen MR) is 68.9 cm³/mol. The molecule has 0 fully saturated rings. The van der Waals surface area contributed by atoms with Crippen molar-refractivity contribution in [3.05, 3.63) is 11.9 Å². The van der Waals surface area contributed by atoms with E-state index in [2.05, 4.69) is 48.3 Å². The Morgan fingerprint density at radius 1 is 1.19 bits per heavy atom. The Kier molecular flexibility index (Phi) is 5.02. The molecule has 0 spiro atoms. The maximum absolute atomic E-state index is 4.48. The molecule has 1 aromatic rings. The number of rotatable bonds is 6. The monoisotopic (exact) mass is 222 g/mol. The minimum Gasteiger partial charge on any atom is -0.370 e. The van der Waals surface area contributed by atoms with Crippen LogP contribution in [0.2, 0.25) is 0 Å². The van der Waals surface area contributed by atoms with Gasteiger partial charge in [0.1, 0.15) is 17.5 Å². The molecule has 0 saturated heterocycles. The van der Waals surface area contributed by atoms with Gasteiger partial charge in [0.15, 0.2) is 0 Å². The van der Waals surface area contributed by atoms with Crippen molar-refractivity contribution in [2.24, 2.45) is 0 Å². The zero-order chi connectivity index (χ0) is 12.0. The number of hydrogen-bond acceptors (Lipinski definition) is 4. The van der Waals surface area contributed by atoms with Crippen molar-refractivity contribution in [3.63, 3.8) is 0 Å². The minimum absolute atomic E-state index is 0.388. The SMILES string of the molecule is CCCc1nc(NCC)cc(NC(C)C)n1. The molecule has 0 aliphatic carbocycles. The minimum atomic E-state index is 0.388. The first-order valence-corrected chi connectivity index (χ1v) is 6.04. The van der Waals surface area contributed by atoms with Crippen molar-refractivity contribution in [2.75, 3.05) is 17.2 Å². The van der Waals surface area contributed by atoms with Crippen LogP contribution in [0.3, 0.4) is 0 Å². The van der Waals surface area contributed by atoms with E-state index in [-0.39, 0.29) is 0 Å². The maximum atomic E-state index is 4.48. The second-order valence-corrected chi connectivity index (χ2v) is 4.13. The van der Waals surface area contributed by atoms with E-state index >= 15 is 0 Å². The van der Waals surface area contributed by atoms with Crippen LogP contribution in [-0.2, 0) is 6.42 Å². The molecular weight excluding hydrogens is 200 g/mol. The van der Waals surface area contributed by atoms with E-state index < -0.39 is 0 Å². The molecule has 0 aliphatic heterocycles. The summed E-state index contributed by atoms with van der Waals surface area (Å²) in [6.07, 6.45) is 1.99. The average molecular weight is 222 g/mol. The molecule has 0 unspecified atom stereocenters. The Bertz CT molecular complexity index is 299. The van der Waals surface area contributed by atoms with Gasteiger partial charge in [-0.3, -0.25) is 0 Å². The van der Waals surface area contributed by atoms with Crippen LogP contribution in [-0.4, -0.2) is 22.6 Å². The number of anilines is 2. The Morgan fingerprint density at radius 3 is 2.44 bits per heavy atom. The van der Waals surface area contributed by atoms with Crippen LogP contribution >= 0.6 is 0 Å². The lowest BCUT2D eigenvalue weighted by atomic mass is 10.3. The van der Waals surface area contributed by atoms with Crippen molar-refractivity contribution in [3.8, 4) is 0 Å². The van der Waals surface area contributed by atoms with Crippen LogP contribution in [0, 0.1) is 0 Å². The second kappa shape index (κ2) is 6.30. The predicted octanol–water partition coefficient (Wildman–Crippen LogP) is 2.68. The van der Waals surface area contributed by atoms with Gasteiger partial charge >= 0.3 is 0 Å². The van der Waals surface area contributed by atoms with Crippen LogP contribution in [0.5, 0.6) is 0 Å². The first-order valence-electron chi connectivity index (χ1n) is 6.04. The van der Waals surface area contributed by atoms with E-state index in [4.69, 9.17) is 0 Å². The van der Waals surface area contributed by atoms with E-state index in [0.717, 1.165) is 36.8 Å². The first kappa shape index (κ1) is 12.7. The molecule has 16 heavy (non-hydrogen) atoms. The number of aryl methyl sites for hydroxylation is 1. The Labute approximate surface area is 97.9 Å². The van der Waals surface area contributed by atoms with E-state index in [1.54, 1.807) is 0 Å². The lowest BCUT2D eigenvalue weighted by Gasteiger charge is -2.12. The summed E-state index contributed by atoms with van der Waals surface area (Å²) in [6.45, 7) is 9.29. The smallest absolute Gasteiger partial charge is 0.133 e. The zero-order valence-corrected chi connectivity index (χ0v) is 10.7. The van der Waals surface area contributed by atoms with E-state index in [0.29, 0.717) is 6.04 Å². The van der Waals surface area contributed by atoms with Gasteiger partial charge in [-0.2, -0.15) is 0 Å². The Morgan fingerprint density at radius 2 is 1.88 bits per heavy atom. The topological polar surface area (TPSA) is 49.8 Å². The first-order chi connectivity index (χ1) is 7.65. The number of nitrogens with zero attached hydrogens (tertiary/aromatic N) is 2. The van der Waals surface area contributed by atoms with Crippen LogP contribution in [0.1, 0.15) is 39.9 Å². The van der Waals surface area contributed by atoms with Crippen molar-refractivity contribution in [1.29, 1.82) is 0 Å². The fourth-order valence-corrected chi connectivity index (χ4v) is 1.47. The lowest BCUT2D eigenvalue weighted by Crippen LogP contribution is -2.13. The Balaban J connectivity index is 2.88. The van der Waals surface area contributed by atoms with E-state index in [9.17, 15) is 0 Å². The van der Waals surface area contributed by atoms with Gasteiger partial charge in [-0.05, 0) is 27.2 Å². The van der Waals surface area contributed by atoms with Gasteiger partial charge in [0.05, 0.1) is 0 Å². The van der Waals surface area contributed by atoms with E-state index in [1.165, 1.54) is 0 Å². The van der Waals surface area contributed by atoms with E-state index in [1.807, 2.05) is 6.07 Å². The van der Waals surface area contributed by atoms with Gasteiger partial charge in [-0.1, -0.05) is 6.92 Å². The highest BCUT2D eigenvalue weighted by atomic mass is 15.1. The summed E-state index contributed by atoms with van der Waals surface area (Å²) in [5.74, 6) is 2.72. The molecule has 0 atom stereocenters. The molecule has 0 aromatic carbocycles. The van der Waals surface area contributed by atoms with Crippen molar-refractivity contribution in [2.45, 2.75) is 46.6 Å². The van der Waals surface area contributed by atoms with Gasteiger partial charge in [0.25, 0.3) is 0 Å². The summed E-state index contributed by atoms with van der Waals surface area (Å²) in [4.78, 5) is 8.94. The van der Waals surface area contributed by atoms with Crippen LogP contribution in [0.4, 0.5) is 11.6 Å². The summed E-state index contributed by atoms with van der Waals surface area (Å²) in [6, 6.07) is 2.35. The molecule has 1 aromatic heterocycles. The quantitative estimate of drug-likeness (QED) is 0.777. The van der Waals surface area contributed by atoms with Gasteiger partial charge in [-0.25, -0.2) is 9.97 Å². The molecule has 1 heterocycles. The third kappa shape index (κ3) is 4.04. The molecule has 0 aliphatic rings. The highest BCUT2D eigenvalue weighted by Crippen LogP contribution is 2.13. The molecule has 4 nitrogen and oxygen atoms in total. The fraction of sp³-hybridized carbons (Fsp3) is 0.667. The second-order valence-electron chi connectivity index (χ2n) is 4.13. The molecule has 0 bridgehead atoms. The third-order valence-electron chi connectivity index (χ3n) is 2.04. The van der Waals surface area contributed by atoms with Gasteiger partial charge in [0, 0.05) is 25.1 Å². The molecule has 0 radical (unpaired) electrons. The molecule has 90 valence electrons. The van der Waals surface area contributed by atoms with Gasteiger partial charge < -0.3 is 10.6 Å². The average Bonchev–Trinajstić information content (AvgIpc) is 2.17.